The molecule has 0 spiro atoms. The van der Waals surface area contributed by atoms with E-state index in [2.05, 4.69) is 10.3 Å². The summed E-state index contributed by atoms with van der Waals surface area (Å²) in [6.45, 7) is 3.56. The van der Waals surface area contributed by atoms with E-state index in [1.165, 1.54) is 0 Å². The zero-order valence-corrected chi connectivity index (χ0v) is 17.8. The number of amides is 3. The van der Waals surface area contributed by atoms with Crippen molar-refractivity contribution in [2.24, 2.45) is 0 Å². The molecule has 4 rings (SSSR count). The van der Waals surface area contributed by atoms with Crippen LogP contribution in [0.3, 0.4) is 0 Å². The lowest BCUT2D eigenvalue weighted by Crippen LogP contribution is -2.36. The lowest BCUT2D eigenvalue weighted by molar-refractivity contribution is -0.127. The van der Waals surface area contributed by atoms with E-state index in [0.29, 0.717) is 10.6 Å². The molecule has 0 radical (unpaired) electrons. The zero-order chi connectivity index (χ0) is 22.0. The highest BCUT2D eigenvalue weighted by atomic mass is 32.2. The van der Waals surface area contributed by atoms with Gasteiger partial charge in [-0.2, -0.15) is 0 Å². The maximum absolute atomic E-state index is 12.8. The number of hydrogen-bond donors (Lipinski definition) is 1. The third-order valence-electron chi connectivity index (χ3n) is 4.87. The first-order chi connectivity index (χ1) is 14.9. The first-order valence-electron chi connectivity index (χ1n) is 9.64. The number of rotatable bonds is 5. The normalized spacial score (nSPS) is 15.0. The molecule has 0 atom stereocenters. The van der Waals surface area contributed by atoms with Gasteiger partial charge in [0.25, 0.3) is 11.1 Å². The molecule has 1 fully saturated rings. The number of aryl methyl sites for hydroxylation is 1. The topological polar surface area (TPSA) is 84.3 Å². The Morgan fingerprint density at radius 3 is 2.55 bits per heavy atom. The molecule has 156 valence electrons. The van der Waals surface area contributed by atoms with E-state index in [-0.39, 0.29) is 6.54 Å². The Kier molecular flexibility index (Phi) is 5.73. The Morgan fingerprint density at radius 1 is 1.10 bits per heavy atom. The molecular weight excluding hydrogens is 412 g/mol. The summed E-state index contributed by atoms with van der Waals surface area (Å²) in [4.78, 5) is 43.1. The van der Waals surface area contributed by atoms with Crippen LogP contribution in [0.5, 0.6) is 0 Å². The lowest BCUT2D eigenvalue weighted by Gasteiger charge is -2.12. The average Bonchev–Trinajstić information content (AvgIpc) is 3.18. The minimum absolute atomic E-state index is 0.291. The van der Waals surface area contributed by atoms with Crippen molar-refractivity contribution >= 4 is 40.6 Å². The summed E-state index contributed by atoms with van der Waals surface area (Å²) in [7, 11) is 0. The van der Waals surface area contributed by atoms with Gasteiger partial charge >= 0.3 is 0 Å². The largest absolute Gasteiger partial charge is 0.325 e. The van der Waals surface area contributed by atoms with E-state index in [4.69, 9.17) is 0 Å². The van der Waals surface area contributed by atoms with E-state index in [1.54, 1.807) is 36.5 Å². The number of nitrogens with one attached hydrogen (secondary N) is 1. The number of carbonyl (C=O) groups is 3. The standard InChI is InChI=1S/C23H20N4O3S/c1-15-12-17(16(2)27(15)20-10-6-7-11-24-20)13-19-22(29)26(23(30)31-19)14-21(28)25-18-8-4-3-5-9-18/h3-13H,14H2,1-2H3,(H,25,28)/b19-13-. The van der Waals surface area contributed by atoms with Crippen LogP contribution in [0, 0.1) is 13.8 Å². The fraction of sp³-hybridized carbons (Fsp3) is 0.130. The number of nitrogens with zero attached hydrogens (tertiary/aromatic N) is 3. The van der Waals surface area contributed by atoms with Crippen LogP contribution < -0.4 is 5.32 Å². The van der Waals surface area contributed by atoms with Crippen LogP contribution in [0.4, 0.5) is 10.5 Å². The Balaban J connectivity index is 1.53. The molecule has 1 aliphatic heterocycles. The molecule has 0 bridgehead atoms. The summed E-state index contributed by atoms with van der Waals surface area (Å²) in [5.74, 6) is -0.119. The number of carbonyl (C=O) groups excluding carboxylic acids is 3. The number of aromatic nitrogens is 2. The summed E-state index contributed by atoms with van der Waals surface area (Å²) < 4.78 is 1.99. The number of pyridine rings is 1. The van der Waals surface area contributed by atoms with Crippen LogP contribution >= 0.6 is 11.8 Å². The Labute approximate surface area is 183 Å². The predicted molar refractivity (Wildman–Crippen MR) is 121 cm³/mol. The molecular formula is C23H20N4O3S. The summed E-state index contributed by atoms with van der Waals surface area (Å²) >= 11 is 0.838. The van der Waals surface area contributed by atoms with Crippen molar-refractivity contribution in [2.75, 3.05) is 11.9 Å². The molecule has 8 heteroatoms. The third kappa shape index (κ3) is 4.29. The number of benzene rings is 1. The number of imide groups is 1. The molecule has 3 aromatic rings. The second-order valence-electron chi connectivity index (χ2n) is 7.03. The monoisotopic (exact) mass is 432 g/mol. The van der Waals surface area contributed by atoms with Crippen LogP contribution in [0.25, 0.3) is 11.9 Å². The van der Waals surface area contributed by atoms with Gasteiger partial charge in [-0.1, -0.05) is 24.3 Å². The second kappa shape index (κ2) is 8.61. The summed E-state index contributed by atoms with van der Waals surface area (Å²) in [6, 6.07) is 16.5. The Bertz CT molecular complexity index is 1190. The Morgan fingerprint density at radius 2 is 1.84 bits per heavy atom. The minimum atomic E-state index is -0.471. The lowest BCUT2D eigenvalue weighted by atomic mass is 10.2. The van der Waals surface area contributed by atoms with Crippen LogP contribution in [0.15, 0.2) is 65.7 Å². The quantitative estimate of drug-likeness (QED) is 0.612. The number of anilines is 1. The van der Waals surface area contributed by atoms with Gasteiger partial charge in [0.05, 0.1) is 4.91 Å². The first kappa shape index (κ1) is 20.6. The van der Waals surface area contributed by atoms with Gasteiger partial charge < -0.3 is 9.88 Å². The van der Waals surface area contributed by atoms with Crippen LogP contribution in [0.1, 0.15) is 17.0 Å². The van der Waals surface area contributed by atoms with Gasteiger partial charge in [0.15, 0.2) is 0 Å². The molecule has 1 aliphatic rings. The molecule has 7 nitrogen and oxygen atoms in total. The maximum atomic E-state index is 12.8. The molecule has 0 unspecified atom stereocenters. The molecule has 1 N–H and O–H groups in total. The average molecular weight is 433 g/mol. The number of hydrogen-bond acceptors (Lipinski definition) is 5. The van der Waals surface area contributed by atoms with Crippen molar-refractivity contribution in [2.45, 2.75) is 13.8 Å². The van der Waals surface area contributed by atoms with Crippen LogP contribution in [-0.4, -0.2) is 38.0 Å². The van der Waals surface area contributed by atoms with E-state index >= 15 is 0 Å². The van der Waals surface area contributed by atoms with E-state index in [9.17, 15) is 14.4 Å². The molecule has 3 heterocycles. The van der Waals surface area contributed by atoms with Crippen molar-refractivity contribution in [3.8, 4) is 5.82 Å². The molecule has 0 aliphatic carbocycles. The fourth-order valence-corrected chi connectivity index (χ4v) is 4.24. The summed E-state index contributed by atoms with van der Waals surface area (Å²) in [6.07, 6.45) is 3.42. The van der Waals surface area contributed by atoms with Crippen LogP contribution in [0.2, 0.25) is 0 Å². The fourth-order valence-electron chi connectivity index (χ4n) is 3.42. The molecule has 1 saturated heterocycles. The van der Waals surface area contributed by atoms with Crippen LogP contribution in [-0.2, 0) is 9.59 Å². The van der Waals surface area contributed by atoms with Gasteiger partial charge in [-0.25, -0.2) is 4.98 Å². The molecule has 0 saturated carbocycles. The van der Waals surface area contributed by atoms with Crippen molar-refractivity contribution in [1.29, 1.82) is 0 Å². The van der Waals surface area contributed by atoms with Gasteiger partial charge in [-0.3, -0.25) is 19.3 Å². The van der Waals surface area contributed by atoms with Gasteiger partial charge in [0.2, 0.25) is 5.91 Å². The van der Waals surface area contributed by atoms with Crippen molar-refractivity contribution in [1.82, 2.24) is 14.5 Å². The minimum Gasteiger partial charge on any atom is -0.325 e. The Hall–Kier alpha value is -3.65. The highest BCUT2D eigenvalue weighted by molar-refractivity contribution is 8.18. The van der Waals surface area contributed by atoms with E-state index in [1.807, 2.05) is 48.7 Å². The highest BCUT2D eigenvalue weighted by Crippen LogP contribution is 2.33. The van der Waals surface area contributed by atoms with Gasteiger partial charge in [0, 0.05) is 23.3 Å². The predicted octanol–water partition coefficient (Wildman–Crippen LogP) is 4.16. The second-order valence-corrected chi connectivity index (χ2v) is 8.03. The van der Waals surface area contributed by atoms with Crippen molar-refractivity contribution in [3.63, 3.8) is 0 Å². The number of thioether (sulfide) groups is 1. The van der Waals surface area contributed by atoms with E-state index in [0.717, 1.165) is 39.4 Å². The zero-order valence-electron chi connectivity index (χ0n) is 17.0. The smallest absolute Gasteiger partial charge is 0.294 e. The molecule has 3 amide bonds. The maximum Gasteiger partial charge on any atom is 0.294 e. The van der Waals surface area contributed by atoms with Gasteiger partial charge in [-0.15, -0.1) is 0 Å². The SMILES string of the molecule is Cc1cc(/C=C2\SC(=O)N(CC(=O)Nc3ccccc3)C2=O)c(C)n1-c1ccccn1. The van der Waals surface area contributed by atoms with E-state index < -0.39 is 17.1 Å². The van der Waals surface area contributed by atoms with Crippen molar-refractivity contribution < 1.29 is 14.4 Å². The van der Waals surface area contributed by atoms with Crippen molar-refractivity contribution in [3.05, 3.63) is 82.7 Å². The van der Waals surface area contributed by atoms with Gasteiger partial charge in [0.1, 0.15) is 12.4 Å². The molecule has 2 aromatic heterocycles. The summed E-state index contributed by atoms with van der Waals surface area (Å²) in [5, 5.41) is 2.23. The first-order valence-corrected chi connectivity index (χ1v) is 10.5. The molecule has 31 heavy (non-hydrogen) atoms. The summed E-state index contributed by atoms with van der Waals surface area (Å²) in [5.41, 5.74) is 3.30. The molecule has 1 aromatic carbocycles. The number of para-hydroxylation sites is 1. The highest BCUT2D eigenvalue weighted by Gasteiger charge is 2.36. The van der Waals surface area contributed by atoms with Gasteiger partial charge in [-0.05, 0) is 67.6 Å². The third-order valence-corrected chi connectivity index (χ3v) is 5.78.